The molecule has 1 aliphatic heterocycles. The van der Waals surface area contributed by atoms with E-state index in [1.54, 1.807) is 0 Å². The third-order valence-corrected chi connectivity index (χ3v) is 5.14. The van der Waals surface area contributed by atoms with Gasteiger partial charge in [0.05, 0.1) is 11.0 Å². The van der Waals surface area contributed by atoms with Gasteiger partial charge < -0.3 is 15.2 Å². The summed E-state index contributed by atoms with van der Waals surface area (Å²) in [6, 6.07) is 15.0. The summed E-state index contributed by atoms with van der Waals surface area (Å²) in [5.74, 6) is -0.0379. The summed E-state index contributed by atoms with van der Waals surface area (Å²) in [5.41, 5.74) is 1.59. The van der Waals surface area contributed by atoms with Crippen LogP contribution in [0, 0.1) is 0 Å². The van der Waals surface area contributed by atoms with Crippen LogP contribution < -0.4 is 16.1 Å². The number of aromatic nitrogens is 1. The van der Waals surface area contributed by atoms with E-state index in [0.29, 0.717) is 17.3 Å². The smallest absolute Gasteiger partial charge is 0.240 e. The van der Waals surface area contributed by atoms with Crippen molar-refractivity contribution in [3.05, 3.63) is 58.8 Å². The Morgan fingerprint density at radius 2 is 1.54 bits per heavy atom. The molecule has 1 saturated heterocycles. The molecule has 0 saturated carbocycles. The van der Waals surface area contributed by atoms with E-state index in [2.05, 4.69) is 15.5 Å². The van der Waals surface area contributed by atoms with Crippen LogP contribution >= 0.6 is 12.4 Å². The lowest BCUT2D eigenvalue weighted by Crippen LogP contribution is -2.46. The zero-order chi connectivity index (χ0) is 18.6. The Labute approximate surface area is 169 Å². The molecule has 7 heteroatoms. The maximum absolute atomic E-state index is 12.7. The number of amides is 1. The quantitative estimate of drug-likeness (QED) is 0.638. The van der Waals surface area contributed by atoms with E-state index in [1.807, 2.05) is 53.1 Å². The molecular weight excluding hydrogens is 376 g/mol. The molecule has 4 rings (SSSR count). The minimum atomic E-state index is -0.0379. The van der Waals surface area contributed by atoms with Gasteiger partial charge in [-0.25, -0.2) is 0 Å². The predicted octanol–water partition coefficient (Wildman–Crippen LogP) is 1.60. The fraction of sp³-hybridized carbons (Fsp3) is 0.333. The van der Waals surface area contributed by atoms with Crippen molar-refractivity contribution in [3.8, 4) is 0 Å². The summed E-state index contributed by atoms with van der Waals surface area (Å²) in [6.45, 7) is 5.74. The molecule has 0 unspecified atom stereocenters. The van der Waals surface area contributed by atoms with E-state index in [0.717, 1.165) is 43.8 Å². The first-order chi connectivity index (χ1) is 13.2. The molecule has 1 fully saturated rings. The van der Waals surface area contributed by atoms with Gasteiger partial charge in [0.25, 0.3) is 0 Å². The summed E-state index contributed by atoms with van der Waals surface area (Å²) >= 11 is 0. The van der Waals surface area contributed by atoms with Crippen LogP contribution in [0.25, 0.3) is 21.8 Å². The van der Waals surface area contributed by atoms with E-state index < -0.39 is 0 Å². The molecule has 2 N–H and O–H groups in total. The van der Waals surface area contributed by atoms with Crippen molar-refractivity contribution in [3.63, 3.8) is 0 Å². The van der Waals surface area contributed by atoms with Crippen LogP contribution in [-0.4, -0.2) is 54.6 Å². The molecule has 0 spiro atoms. The Hall–Kier alpha value is -2.41. The molecule has 3 aromatic rings. The number of rotatable bonds is 5. The Bertz CT molecular complexity index is 968. The summed E-state index contributed by atoms with van der Waals surface area (Å²) < 4.78 is 1.94. The Morgan fingerprint density at radius 3 is 2.14 bits per heavy atom. The van der Waals surface area contributed by atoms with Crippen LogP contribution in [0.15, 0.2) is 53.3 Å². The summed E-state index contributed by atoms with van der Waals surface area (Å²) in [4.78, 5) is 27.7. The SMILES string of the molecule is Cl.O=C(Cn1c2ccccc2c(=O)c2ccccc21)NCCN1CCNCC1. The zero-order valence-electron chi connectivity index (χ0n) is 15.7. The van der Waals surface area contributed by atoms with Crippen molar-refractivity contribution in [1.82, 2.24) is 20.1 Å². The summed E-state index contributed by atoms with van der Waals surface area (Å²) in [7, 11) is 0. The topological polar surface area (TPSA) is 66.4 Å². The maximum atomic E-state index is 12.7. The molecule has 1 aliphatic rings. The fourth-order valence-corrected chi connectivity index (χ4v) is 3.73. The monoisotopic (exact) mass is 400 g/mol. The lowest BCUT2D eigenvalue weighted by atomic mass is 10.1. The van der Waals surface area contributed by atoms with Gasteiger partial charge in [-0.05, 0) is 24.3 Å². The highest BCUT2D eigenvalue weighted by molar-refractivity contribution is 5.94. The number of piperazine rings is 1. The molecular formula is C21H25ClN4O2. The highest BCUT2D eigenvalue weighted by Gasteiger charge is 2.13. The first kappa shape index (κ1) is 20.3. The van der Waals surface area contributed by atoms with E-state index >= 15 is 0 Å². The molecule has 2 aromatic carbocycles. The van der Waals surface area contributed by atoms with Crippen molar-refractivity contribution >= 4 is 40.1 Å². The average molecular weight is 401 g/mol. The van der Waals surface area contributed by atoms with E-state index in [-0.39, 0.29) is 30.3 Å². The van der Waals surface area contributed by atoms with Crippen LogP contribution in [-0.2, 0) is 11.3 Å². The van der Waals surface area contributed by atoms with Gasteiger partial charge in [-0.15, -0.1) is 12.4 Å². The fourth-order valence-electron chi connectivity index (χ4n) is 3.73. The Balaban J connectivity index is 0.00000225. The van der Waals surface area contributed by atoms with Crippen molar-refractivity contribution in [2.24, 2.45) is 0 Å². The van der Waals surface area contributed by atoms with Gasteiger partial charge in [-0.1, -0.05) is 24.3 Å². The minimum absolute atomic E-state index is 0. The molecule has 0 radical (unpaired) electrons. The van der Waals surface area contributed by atoms with E-state index in [4.69, 9.17) is 0 Å². The molecule has 0 atom stereocenters. The lowest BCUT2D eigenvalue weighted by Gasteiger charge is -2.27. The van der Waals surface area contributed by atoms with Crippen molar-refractivity contribution < 1.29 is 4.79 Å². The van der Waals surface area contributed by atoms with Crippen LogP contribution in [0.4, 0.5) is 0 Å². The zero-order valence-corrected chi connectivity index (χ0v) is 16.5. The van der Waals surface area contributed by atoms with Crippen molar-refractivity contribution in [2.75, 3.05) is 39.3 Å². The average Bonchev–Trinajstić information content (AvgIpc) is 2.72. The van der Waals surface area contributed by atoms with Gasteiger partial charge in [0.2, 0.25) is 5.91 Å². The predicted molar refractivity (Wildman–Crippen MR) is 115 cm³/mol. The highest BCUT2D eigenvalue weighted by Crippen LogP contribution is 2.18. The minimum Gasteiger partial charge on any atom is -0.353 e. The normalized spacial score (nSPS) is 14.7. The number of carbonyl (C=O) groups is 1. The number of benzene rings is 2. The van der Waals surface area contributed by atoms with Crippen LogP contribution in [0.5, 0.6) is 0 Å². The third kappa shape index (κ3) is 4.19. The van der Waals surface area contributed by atoms with Gasteiger partial charge >= 0.3 is 0 Å². The highest BCUT2D eigenvalue weighted by atomic mass is 35.5. The number of pyridine rings is 1. The molecule has 148 valence electrons. The first-order valence-corrected chi connectivity index (χ1v) is 9.44. The van der Waals surface area contributed by atoms with Gasteiger partial charge in [-0.2, -0.15) is 0 Å². The molecule has 0 aliphatic carbocycles. The Kier molecular flexibility index (Phi) is 6.67. The number of para-hydroxylation sites is 2. The molecule has 2 heterocycles. The van der Waals surface area contributed by atoms with E-state index in [9.17, 15) is 9.59 Å². The lowest BCUT2D eigenvalue weighted by molar-refractivity contribution is -0.121. The number of halogens is 1. The van der Waals surface area contributed by atoms with Crippen LogP contribution in [0.3, 0.4) is 0 Å². The molecule has 1 aromatic heterocycles. The van der Waals surface area contributed by atoms with Gasteiger partial charge in [0.15, 0.2) is 5.43 Å². The van der Waals surface area contributed by atoms with Crippen molar-refractivity contribution in [1.29, 1.82) is 0 Å². The molecule has 28 heavy (non-hydrogen) atoms. The van der Waals surface area contributed by atoms with Gasteiger partial charge in [-0.3, -0.25) is 14.5 Å². The second-order valence-electron chi connectivity index (χ2n) is 6.89. The second kappa shape index (κ2) is 9.19. The number of nitrogens with zero attached hydrogens (tertiary/aromatic N) is 2. The molecule has 0 bridgehead atoms. The van der Waals surface area contributed by atoms with E-state index in [1.165, 1.54) is 0 Å². The first-order valence-electron chi connectivity index (χ1n) is 9.44. The number of nitrogens with one attached hydrogen (secondary N) is 2. The number of hydrogen-bond donors (Lipinski definition) is 2. The van der Waals surface area contributed by atoms with Crippen LogP contribution in [0.2, 0.25) is 0 Å². The molecule has 6 nitrogen and oxygen atoms in total. The van der Waals surface area contributed by atoms with Crippen molar-refractivity contribution in [2.45, 2.75) is 6.54 Å². The van der Waals surface area contributed by atoms with Crippen LogP contribution in [0.1, 0.15) is 0 Å². The second-order valence-corrected chi connectivity index (χ2v) is 6.89. The number of carbonyl (C=O) groups excluding carboxylic acids is 1. The van der Waals surface area contributed by atoms with Gasteiger partial charge in [0.1, 0.15) is 6.54 Å². The third-order valence-electron chi connectivity index (χ3n) is 5.14. The van der Waals surface area contributed by atoms with Gasteiger partial charge in [0, 0.05) is 50.0 Å². The number of hydrogen-bond acceptors (Lipinski definition) is 4. The largest absolute Gasteiger partial charge is 0.353 e. The Morgan fingerprint density at radius 1 is 0.964 bits per heavy atom. The summed E-state index contributed by atoms with van der Waals surface area (Å²) in [6.07, 6.45) is 0. The standard InChI is InChI=1S/C21H24N4O2.ClH/c26-20(23-11-14-24-12-9-22-10-13-24)15-25-18-7-3-1-5-16(18)21(27)17-6-2-4-8-19(17)25;/h1-8,22H,9-15H2,(H,23,26);1H. The summed E-state index contributed by atoms with van der Waals surface area (Å²) in [5, 5.41) is 7.64. The maximum Gasteiger partial charge on any atom is 0.240 e. The molecule has 1 amide bonds. The number of fused-ring (bicyclic) bond motifs is 2.